The highest BCUT2D eigenvalue weighted by molar-refractivity contribution is 7.16. The standard InChI is InChI=1S/C16H23N5S/c1-2-19-6-8-20(9-7-19)13-3-5-21(11-13)15-14-4-10-22-16(14)18-12-17-15/h4,10,12-13H,2-3,5-9,11H2,1H3. The Bertz CT molecular complexity index is 634. The molecule has 0 aliphatic carbocycles. The summed E-state index contributed by atoms with van der Waals surface area (Å²) in [6.45, 7) is 10.5. The molecular formula is C16H23N5S. The van der Waals surface area contributed by atoms with E-state index in [2.05, 4.69) is 43.0 Å². The maximum absolute atomic E-state index is 4.56. The average molecular weight is 317 g/mol. The van der Waals surface area contributed by atoms with Crippen molar-refractivity contribution in [3.05, 3.63) is 17.8 Å². The molecular weight excluding hydrogens is 294 g/mol. The SMILES string of the molecule is CCN1CCN(C2CCN(c3ncnc4sccc34)C2)CC1. The number of anilines is 1. The molecule has 5 nitrogen and oxygen atoms in total. The predicted octanol–water partition coefficient (Wildman–Crippen LogP) is 1.91. The van der Waals surface area contributed by atoms with E-state index in [1.54, 1.807) is 17.7 Å². The molecule has 118 valence electrons. The lowest BCUT2D eigenvalue weighted by Gasteiger charge is -2.37. The summed E-state index contributed by atoms with van der Waals surface area (Å²) >= 11 is 1.70. The number of hydrogen-bond acceptors (Lipinski definition) is 6. The van der Waals surface area contributed by atoms with E-state index in [-0.39, 0.29) is 0 Å². The summed E-state index contributed by atoms with van der Waals surface area (Å²) in [7, 11) is 0. The molecule has 0 aromatic carbocycles. The first-order valence-corrected chi connectivity index (χ1v) is 9.12. The summed E-state index contributed by atoms with van der Waals surface area (Å²) in [6, 6.07) is 2.84. The number of thiophene rings is 1. The third-order valence-corrected chi connectivity index (χ3v) is 5.89. The van der Waals surface area contributed by atoms with Crippen LogP contribution in [-0.4, -0.2) is 71.6 Å². The lowest BCUT2D eigenvalue weighted by Crippen LogP contribution is -2.50. The Morgan fingerprint density at radius 1 is 1.18 bits per heavy atom. The van der Waals surface area contributed by atoms with E-state index < -0.39 is 0 Å². The van der Waals surface area contributed by atoms with Crippen molar-refractivity contribution in [3.8, 4) is 0 Å². The first kappa shape index (κ1) is 14.4. The first-order valence-electron chi connectivity index (χ1n) is 8.24. The third-order valence-electron chi connectivity index (χ3n) is 5.07. The van der Waals surface area contributed by atoms with Crippen molar-refractivity contribution in [2.45, 2.75) is 19.4 Å². The van der Waals surface area contributed by atoms with E-state index in [1.165, 1.54) is 44.5 Å². The molecule has 6 heteroatoms. The van der Waals surface area contributed by atoms with Crippen LogP contribution in [0.15, 0.2) is 17.8 Å². The van der Waals surface area contributed by atoms with Crippen LogP contribution in [0.3, 0.4) is 0 Å². The Labute approximate surface area is 135 Å². The van der Waals surface area contributed by atoms with Gasteiger partial charge in [0.25, 0.3) is 0 Å². The Hall–Kier alpha value is -1.24. The molecule has 2 aromatic heterocycles. The second kappa shape index (κ2) is 6.10. The van der Waals surface area contributed by atoms with Crippen molar-refractivity contribution in [1.82, 2.24) is 19.8 Å². The van der Waals surface area contributed by atoms with Crippen LogP contribution < -0.4 is 4.90 Å². The van der Waals surface area contributed by atoms with Crippen LogP contribution in [0.1, 0.15) is 13.3 Å². The number of piperazine rings is 1. The minimum Gasteiger partial charge on any atom is -0.354 e. The summed E-state index contributed by atoms with van der Waals surface area (Å²) in [5.41, 5.74) is 0. The van der Waals surface area contributed by atoms with Gasteiger partial charge in [0.2, 0.25) is 0 Å². The molecule has 22 heavy (non-hydrogen) atoms. The molecule has 0 spiro atoms. The molecule has 0 radical (unpaired) electrons. The summed E-state index contributed by atoms with van der Waals surface area (Å²) in [5.74, 6) is 1.13. The Morgan fingerprint density at radius 3 is 2.86 bits per heavy atom. The van der Waals surface area contributed by atoms with E-state index in [0.717, 1.165) is 23.7 Å². The Kier molecular flexibility index (Phi) is 3.98. The van der Waals surface area contributed by atoms with Crippen LogP contribution >= 0.6 is 11.3 Å². The minimum absolute atomic E-state index is 0.683. The van der Waals surface area contributed by atoms with Crippen LogP contribution in [0.25, 0.3) is 10.2 Å². The fraction of sp³-hybridized carbons (Fsp3) is 0.625. The van der Waals surface area contributed by atoms with Crippen LogP contribution in [0.2, 0.25) is 0 Å². The fourth-order valence-electron chi connectivity index (χ4n) is 3.71. The van der Waals surface area contributed by atoms with Crippen molar-refractivity contribution in [3.63, 3.8) is 0 Å². The van der Waals surface area contributed by atoms with E-state index in [9.17, 15) is 0 Å². The molecule has 1 atom stereocenters. The molecule has 2 saturated heterocycles. The summed E-state index contributed by atoms with van der Waals surface area (Å²) in [6.07, 6.45) is 2.96. The number of nitrogens with zero attached hydrogens (tertiary/aromatic N) is 5. The number of aromatic nitrogens is 2. The van der Waals surface area contributed by atoms with Gasteiger partial charge in [-0.1, -0.05) is 6.92 Å². The lowest BCUT2D eigenvalue weighted by molar-refractivity contribution is 0.107. The van der Waals surface area contributed by atoms with Gasteiger partial charge in [-0.05, 0) is 24.4 Å². The highest BCUT2D eigenvalue weighted by Gasteiger charge is 2.31. The van der Waals surface area contributed by atoms with Crippen molar-refractivity contribution in [1.29, 1.82) is 0 Å². The molecule has 0 N–H and O–H groups in total. The molecule has 4 heterocycles. The van der Waals surface area contributed by atoms with E-state index in [1.807, 2.05) is 0 Å². The largest absolute Gasteiger partial charge is 0.354 e. The van der Waals surface area contributed by atoms with Gasteiger partial charge in [-0.15, -0.1) is 11.3 Å². The van der Waals surface area contributed by atoms with E-state index in [4.69, 9.17) is 0 Å². The van der Waals surface area contributed by atoms with Gasteiger partial charge in [-0.2, -0.15) is 0 Å². The highest BCUT2D eigenvalue weighted by atomic mass is 32.1. The molecule has 2 aliphatic heterocycles. The van der Waals surface area contributed by atoms with Crippen LogP contribution in [0.5, 0.6) is 0 Å². The molecule has 1 unspecified atom stereocenters. The van der Waals surface area contributed by atoms with Crippen LogP contribution in [0.4, 0.5) is 5.82 Å². The molecule has 0 amide bonds. The molecule has 2 aromatic rings. The summed E-state index contributed by atoms with van der Waals surface area (Å²) < 4.78 is 0. The first-order chi connectivity index (χ1) is 10.8. The highest BCUT2D eigenvalue weighted by Crippen LogP contribution is 2.30. The normalized spacial score (nSPS) is 24.4. The van der Waals surface area contributed by atoms with Gasteiger partial charge in [0.05, 0.1) is 5.39 Å². The van der Waals surface area contributed by atoms with Crippen molar-refractivity contribution in [2.24, 2.45) is 0 Å². The topological polar surface area (TPSA) is 35.5 Å². The third kappa shape index (κ3) is 2.59. The molecule has 2 aliphatic rings. The Morgan fingerprint density at radius 2 is 2.05 bits per heavy atom. The van der Waals surface area contributed by atoms with Gasteiger partial charge in [0.15, 0.2) is 0 Å². The predicted molar refractivity (Wildman–Crippen MR) is 91.7 cm³/mol. The zero-order valence-corrected chi connectivity index (χ0v) is 13.9. The average Bonchev–Trinajstić information content (AvgIpc) is 3.24. The monoisotopic (exact) mass is 317 g/mol. The molecule has 2 fully saturated rings. The van der Waals surface area contributed by atoms with Crippen molar-refractivity contribution < 1.29 is 0 Å². The lowest BCUT2D eigenvalue weighted by atomic mass is 10.2. The van der Waals surface area contributed by atoms with Crippen molar-refractivity contribution in [2.75, 3.05) is 50.7 Å². The minimum atomic E-state index is 0.683. The van der Waals surface area contributed by atoms with Gasteiger partial charge >= 0.3 is 0 Å². The number of likely N-dealkylation sites (N-methyl/N-ethyl adjacent to an activating group) is 1. The van der Waals surface area contributed by atoms with Crippen molar-refractivity contribution >= 4 is 27.4 Å². The smallest absolute Gasteiger partial charge is 0.140 e. The van der Waals surface area contributed by atoms with Gasteiger partial charge < -0.3 is 9.80 Å². The van der Waals surface area contributed by atoms with Crippen LogP contribution in [0, 0.1) is 0 Å². The second-order valence-corrected chi connectivity index (χ2v) is 7.09. The zero-order chi connectivity index (χ0) is 14.9. The molecule has 0 bridgehead atoms. The van der Waals surface area contributed by atoms with E-state index >= 15 is 0 Å². The summed E-state index contributed by atoms with van der Waals surface area (Å²) in [4.78, 5) is 17.7. The quantitative estimate of drug-likeness (QED) is 0.864. The number of fused-ring (bicyclic) bond motifs is 1. The molecule has 0 saturated carbocycles. The van der Waals surface area contributed by atoms with Gasteiger partial charge in [-0.25, -0.2) is 9.97 Å². The number of rotatable bonds is 3. The Balaban J connectivity index is 1.45. The molecule has 4 rings (SSSR count). The number of hydrogen-bond donors (Lipinski definition) is 0. The summed E-state index contributed by atoms with van der Waals surface area (Å²) in [5, 5.41) is 3.32. The maximum atomic E-state index is 4.56. The second-order valence-electron chi connectivity index (χ2n) is 6.20. The maximum Gasteiger partial charge on any atom is 0.140 e. The zero-order valence-electron chi connectivity index (χ0n) is 13.1. The van der Waals surface area contributed by atoms with Crippen LogP contribution in [-0.2, 0) is 0 Å². The van der Waals surface area contributed by atoms with E-state index in [0.29, 0.717) is 6.04 Å². The fourth-order valence-corrected chi connectivity index (χ4v) is 4.43. The van der Waals surface area contributed by atoms with Gasteiger partial charge in [0, 0.05) is 45.3 Å². The van der Waals surface area contributed by atoms with Gasteiger partial charge in [0.1, 0.15) is 17.0 Å². The van der Waals surface area contributed by atoms with Gasteiger partial charge in [-0.3, -0.25) is 4.90 Å².